The molecule has 200 valence electrons. The van der Waals surface area contributed by atoms with E-state index in [1.54, 1.807) is 0 Å². The van der Waals surface area contributed by atoms with E-state index in [9.17, 15) is 22.9 Å². The highest BCUT2D eigenvalue weighted by Gasteiger charge is 2.35. The average Bonchev–Trinajstić information content (AvgIpc) is 2.92. The van der Waals surface area contributed by atoms with Crippen LogP contribution in [0, 0.1) is 4.91 Å². The van der Waals surface area contributed by atoms with Crippen molar-refractivity contribution in [3.05, 3.63) is 58.5 Å². The summed E-state index contributed by atoms with van der Waals surface area (Å²) >= 11 is 0. The zero-order valence-electron chi connectivity index (χ0n) is 21.0. The van der Waals surface area contributed by atoms with E-state index in [1.165, 1.54) is 17.3 Å². The molecule has 0 atom stereocenters. The minimum Gasteiger partial charge on any atom is -0.382 e. The van der Waals surface area contributed by atoms with Crippen molar-refractivity contribution < 1.29 is 22.7 Å². The predicted molar refractivity (Wildman–Crippen MR) is 137 cm³/mol. The van der Waals surface area contributed by atoms with Crippen LogP contribution in [0.25, 0.3) is 0 Å². The molecule has 2 aromatic rings. The van der Waals surface area contributed by atoms with Gasteiger partial charge in [-0.25, -0.2) is 0 Å². The first kappa shape index (κ1) is 26.9. The second-order valence-electron chi connectivity index (χ2n) is 9.60. The second kappa shape index (κ2) is 11.9. The Hall–Kier alpha value is -3.14. The molecule has 1 aliphatic heterocycles. The van der Waals surface area contributed by atoms with Gasteiger partial charge in [0, 0.05) is 43.6 Å². The summed E-state index contributed by atoms with van der Waals surface area (Å²) in [6, 6.07) is 11.8. The Morgan fingerprint density at radius 2 is 1.76 bits per heavy atom. The van der Waals surface area contributed by atoms with Crippen LogP contribution in [0.15, 0.2) is 47.6 Å². The number of carbonyl (C=O) groups excluding carboxylic acids is 1. The first-order valence-corrected chi connectivity index (χ1v) is 12.8. The van der Waals surface area contributed by atoms with E-state index >= 15 is 0 Å². The van der Waals surface area contributed by atoms with Gasteiger partial charge in [0.1, 0.15) is 12.3 Å². The highest BCUT2D eigenvalue weighted by molar-refractivity contribution is 5.77. The quantitative estimate of drug-likeness (QED) is 0.450. The largest absolute Gasteiger partial charge is 0.418 e. The van der Waals surface area contributed by atoms with Gasteiger partial charge >= 0.3 is 6.18 Å². The molecule has 7 nitrogen and oxygen atoms in total. The molecular weight excluding hydrogens is 485 g/mol. The first-order chi connectivity index (χ1) is 17.8. The van der Waals surface area contributed by atoms with E-state index in [4.69, 9.17) is 4.74 Å². The van der Waals surface area contributed by atoms with Crippen LogP contribution in [0.4, 0.5) is 30.2 Å². The number of hydrogen-bond acceptors (Lipinski definition) is 6. The van der Waals surface area contributed by atoms with Crippen molar-refractivity contribution in [2.24, 2.45) is 5.18 Å². The Labute approximate surface area is 214 Å². The highest BCUT2D eigenvalue weighted by atomic mass is 19.4. The van der Waals surface area contributed by atoms with Crippen LogP contribution in [0.3, 0.4) is 0 Å². The number of aryl methyl sites for hydroxylation is 1. The molecule has 2 fully saturated rings. The van der Waals surface area contributed by atoms with E-state index in [1.807, 2.05) is 11.0 Å². The number of carbonyl (C=O) groups is 1. The molecule has 1 N–H and O–H groups in total. The lowest BCUT2D eigenvalue weighted by Crippen LogP contribution is -2.50. The number of nitrogens with zero attached hydrogens (tertiary/aromatic N) is 3. The fourth-order valence-corrected chi connectivity index (χ4v) is 5.14. The molecule has 4 rings (SSSR count). The standard InChI is InChI=1S/C27H33F3N4O3/c1-2-19-5-3-4-6-25(19)33-13-15-34(16-14-33)26(35)18-37-22-10-7-20(8-11-22)31-21-9-12-24(32-36)23(17-21)27(28,29)30/h3-6,9,12,17,20,22,31H,2,7-8,10-11,13-16,18H2,1H3. The zero-order valence-corrected chi connectivity index (χ0v) is 21.0. The summed E-state index contributed by atoms with van der Waals surface area (Å²) in [6.45, 7) is 5.10. The molecule has 0 unspecified atom stereocenters. The smallest absolute Gasteiger partial charge is 0.382 e. The van der Waals surface area contributed by atoms with Gasteiger partial charge in [-0.2, -0.15) is 13.2 Å². The van der Waals surface area contributed by atoms with Crippen molar-refractivity contribution in [2.75, 3.05) is 43.0 Å². The molecule has 1 saturated carbocycles. The van der Waals surface area contributed by atoms with Crippen LogP contribution >= 0.6 is 0 Å². The maximum Gasteiger partial charge on any atom is 0.418 e. The zero-order chi connectivity index (χ0) is 26.4. The van der Waals surface area contributed by atoms with Crippen molar-refractivity contribution in [1.29, 1.82) is 0 Å². The molecule has 10 heteroatoms. The lowest BCUT2D eigenvalue weighted by atomic mass is 9.92. The number of amides is 1. The molecule has 2 aromatic carbocycles. The number of nitrogens with one attached hydrogen (secondary N) is 1. The lowest BCUT2D eigenvalue weighted by Gasteiger charge is -2.37. The number of para-hydroxylation sites is 1. The summed E-state index contributed by atoms with van der Waals surface area (Å²) < 4.78 is 45.5. The topological polar surface area (TPSA) is 74.2 Å². The normalized spacial score (nSPS) is 20.5. The summed E-state index contributed by atoms with van der Waals surface area (Å²) in [5.41, 5.74) is 1.20. The van der Waals surface area contributed by atoms with Gasteiger partial charge < -0.3 is 19.9 Å². The van der Waals surface area contributed by atoms with Crippen LogP contribution in [0.5, 0.6) is 0 Å². The number of rotatable bonds is 8. The molecule has 0 radical (unpaired) electrons. The Kier molecular flexibility index (Phi) is 8.68. The van der Waals surface area contributed by atoms with Gasteiger partial charge in [0.05, 0.1) is 11.7 Å². The highest BCUT2D eigenvalue weighted by Crippen LogP contribution is 2.38. The molecule has 1 aliphatic carbocycles. The minimum atomic E-state index is -4.65. The minimum absolute atomic E-state index is 0.00719. The Morgan fingerprint density at radius 3 is 2.41 bits per heavy atom. The third kappa shape index (κ3) is 6.80. The molecule has 0 bridgehead atoms. The number of alkyl halides is 3. The lowest BCUT2D eigenvalue weighted by molar-refractivity contribution is -0.139. The van der Waals surface area contributed by atoms with Gasteiger partial charge in [0.25, 0.3) is 0 Å². The summed E-state index contributed by atoms with van der Waals surface area (Å²) in [5, 5.41) is 5.61. The van der Waals surface area contributed by atoms with Crippen molar-refractivity contribution in [3.8, 4) is 0 Å². The van der Waals surface area contributed by atoms with E-state index in [0.29, 0.717) is 44.5 Å². The van der Waals surface area contributed by atoms with E-state index < -0.39 is 17.4 Å². The van der Waals surface area contributed by atoms with Gasteiger partial charge in [0.15, 0.2) is 0 Å². The third-order valence-corrected chi connectivity index (χ3v) is 7.23. The number of ether oxygens (including phenoxy) is 1. The molecule has 2 aliphatic rings. The monoisotopic (exact) mass is 518 g/mol. The molecule has 1 amide bonds. The summed E-state index contributed by atoms with van der Waals surface area (Å²) in [5.74, 6) is -0.00719. The summed E-state index contributed by atoms with van der Waals surface area (Å²) in [7, 11) is 0. The number of hydrogen-bond donors (Lipinski definition) is 1. The van der Waals surface area contributed by atoms with Crippen LogP contribution in [0.1, 0.15) is 43.7 Å². The fraction of sp³-hybridized carbons (Fsp3) is 0.519. The molecule has 1 saturated heterocycles. The maximum atomic E-state index is 13.2. The molecular formula is C27H33F3N4O3. The number of anilines is 2. The van der Waals surface area contributed by atoms with Gasteiger partial charge in [-0.15, -0.1) is 4.91 Å². The van der Waals surface area contributed by atoms with Gasteiger partial charge in [0.2, 0.25) is 5.91 Å². The molecule has 37 heavy (non-hydrogen) atoms. The summed E-state index contributed by atoms with van der Waals surface area (Å²) in [6.07, 6.45) is -0.871. The van der Waals surface area contributed by atoms with E-state index in [2.05, 4.69) is 40.5 Å². The Bertz CT molecular complexity index is 1080. The number of piperazine rings is 1. The van der Waals surface area contributed by atoms with Gasteiger partial charge in [-0.3, -0.25) is 4.79 Å². The van der Waals surface area contributed by atoms with Crippen molar-refractivity contribution in [2.45, 2.75) is 57.3 Å². The Morgan fingerprint density at radius 1 is 1.05 bits per heavy atom. The van der Waals surface area contributed by atoms with Crippen LogP contribution in [-0.2, 0) is 22.1 Å². The average molecular weight is 519 g/mol. The summed E-state index contributed by atoms with van der Waals surface area (Å²) in [4.78, 5) is 27.6. The number of benzene rings is 2. The fourth-order valence-electron chi connectivity index (χ4n) is 5.14. The predicted octanol–water partition coefficient (Wildman–Crippen LogP) is 5.75. The van der Waals surface area contributed by atoms with E-state index in [0.717, 1.165) is 31.6 Å². The molecule has 0 aromatic heterocycles. The van der Waals surface area contributed by atoms with Crippen molar-refractivity contribution in [1.82, 2.24) is 4.90 Å². The van der Waals surface area contributed by atoms with Crippen LogP contribution < -0.4 is 10.2 Å². The first-order valence-electron chi connectivity index (χ1n) is 12.8. The SMILES string of the molecule is CCc1ccccc1N1CCN(C(=O)COC2CCC(Nc3ccc(N=O)c(C(F)(F)F)c3)CC2)CC1. The number of halogens is 3. The van der Waals surface area contributed by atoms with Crippen molar-refractivity contribution >= 4 is 23.0 Å². The maximum absolute atomic E-state index is 13.2. The van der Waals surface area contributed by atoms with Crippen LogP contribution in [-0.4, -0.2) is 55.7 Å². The van der Waals surface area contributed by atoms with Gasteiger partial charge in [-0.1, -0.05) is 25.1 Å². The van der Waals surface area contributed by atoms with Crippen LogP contribution in [0.2, 0.25) is 0 Å². The van der Waals surface area contributed by atoms with Gasteiger partial charge in [-0.05, 0) is 67.1 Å². The molecule has 0 spiro atoms. The Balaban J connectivity index is 1.20. The number of nitroso groups, excluding NO2 is 1. The second-order valence-corrected chi connectivity index (χ2v) is 9.60. The third-order valence-electron chi connectivity index (χ3n) is 7.23. The van der Waals surface area contributed by atoms with Crippen molar-refractivity contribution in [3.63, 3.8) is 0 Å². The molecule has 1 heterocycles. The van der Waals surface area contributed by atoms with E-state index in [-0.39, 0.29) is 24.7 Å².